The minimum atomic E-state index is -0.869. The minimum absolute atomic E-state index is 0.0787. The predicted octanol–water partition coefficient (Wildman–Crippen LogP) is 5.88. The lowest BCUT2D eigenvalue weighted by Gasteiger charge is -2.35. The van der Waals surface area contributed by atoms with Crippen LogP contribution in [0.5, 0.6) is 11.5 Å². The van der Waals surface area contributed by atoms with Crippen LogP contribution in [-0.4, -0.2) is 29.5 Å². The zero-order valence-electron chi connectivity index (χ0n) is 19.7. The van der Waals surface area contributed by atoms with Crippen LogP contribution in [0, 0.1) is 0 Å². The lowest BCUT2D eigenvalue weighted by molar-refractivity contribution is 0.0536. The second-order valence-corrected chi connectivity index (χ2v) is 8.55. The van der Waals surface area contributed by atoms with E-state index in [4.69, 9.17) is 14.6 Å². The molecule has 0 spiro atoms. The summed E-state index contributed by atoms with van der Waals surface area (Å²) in [5, 5.41) is 18.5. The smallest absolute Gasteiger partial charge is 0.119 e. The first-order valence-electron chi connectivity index (χ1n) is 11.9. The summed E-state index contributed by atoms with van der Waals surface area (Å²) >= 11 is 0. The first kappa shape index (κ1) is 24.8. The van der Waals surface area contributed by atoms with Crippen LogP contribution in [0.2, 0.25) is 0 Å². The predicted molar refractivity (Wildman–Crippen MR) is 133 cm³/mol. The summed E-state index contributed by atoms with van der Waals surface area (Å²) in [4.78, 5) is 0. The molecule has 4 nitrogen and oxygen atoms in total. The molecule has 0 saturated carbocycles. The fraction of sp³-hybridized carbons (Fsp3) is 0.379. The summed E-state index contributed by atoms with van der Waals surface area (Å²) in [5.41, 5.74) is 3.63. The standard InChI is InChI=1S/C29H36O4/c1-3-18-29(19-4-2,25-12-16-28(17-13-25)33-22-26(31)20-30)24-10-14-27(15-11-24)32-21-23-8-6-5-7-9-23/h5-17,26,30-31H,3-4,18-22H2,1-2H3. The number of rotatable bonds is 13. The molecule has 0 amide bonds. The van der Waals surface area contributed by atoms with Crippen molar-refractivity contribution in [3.8, 4) is 11.5 Å². The molecule has 176 valence electrons. The van der Waals surface area contributed by atoms with Crippen molar-refractivity contribution in [2.24, 2.45) is 0 Å². The molecule has 4 heteroatoms. The van der Waals surface area contributed by atoms with Crippen molar-refractivity contribution < 1.29 is 19.7 Å². The van der Waals surface area contributed by atoms with Gasteiger partial charge < -0.3 is 19.7 Å². The van der Waals surface area contributed by atoms with Gasteiger partial charge in [0.05, 0.1) is 6.61 Å². The van der Waals surface area contributed by atoms with Crippen molar-refractivity contribution in [2.75, 3.05) is 13.2 Å². The minimum Gasteiger partial charge on any atom is -0.491 e. The van der Waals surface area contributed by atoms with E-state index in [1.54, 1.807) is 0 Å². The number of aliphatic hydroxyl groups is 2. The van der Waals surface area contributed by atoms with Crippen molar-refractivity contribution >= 4 is 0 Å². The third-order valence-corrected chi connectivity index (χ3v) is 6.07. The van der Waals surface area contributed by atoms with E-state index in [1.165, 1.54) is 11.1 Å². The molecule has 0 aliphatic heterocycles. The maximum atomic E-state index is 9.53. The van der Waals surface area contributed by atoms with Crippen LogP contribution < -0.4 is 9.47 Å². The second kappa shape index (κ2) is 12.4. The van der Waals surface area contributed by atoms with Gasteiger partial charge in [-0.05, 0) is 53.8 Å². The van der Waals surface area contributed by atoms with E-state index in [1.807, 2.05) is 30.3 Å². The van der Waals surface area contributed by atoms with Crippen LogP contribution >= 0.6 is 0 Å². The van der Waals surface area contributed by atoms with Gasteiger partial charge in [0.2, 0.25) is 0 Å². The van der Waals surface area contributed by atoms with Crippen LogP contribution in [0.1, 0.15) is 56.2 Å². The molecule has 0 saturated heterocycles. The highest BCUT2D eigenvalue weighted by Crippen LogP contribution is 2.42. The molecule has 0 aliphatic carbocycles. The monoisotopic (exact) mass is 448 g/mol. The first-order chi connectivity index (χ1) is 16.1. The van der Waals surface area contributed by atoms with Gasteiger partial charge in [0.1, 0.15) is 30.8 Å². The number of benzene rings is 3. The number of hydrogen-bond acceptors (Lipinski definition) is 4. The third-order valence-electron chi connectivity index (χ3n) is 6.07. The van der Waals surface area contributed by atoms with E-state index >= 15 is 0 Å². The highest BCUT2D eigenvalue weighted by Gasteiger charge is 2.32. The van der Waals surface area contributed by atoms with Gasteiger partial charge >= 0.3 is 0 Å². The van der Waals surface area contributed by atoms with Gasteiger partial charge in [-0.25, -0.2) is 0 Å². The van der Waals surface area contributed by atoms with E-state index in [0.29, 0.717) is 12.4 Å². The fourth-order valence-electron chi connectivity index (χ4n) is 4.45. The molecule has 0 fully saturated rings. The van der Waals surface area contributed by atoms with Crippen LogP contribution in [0.3, 0.4) is 0 Å². The Bertz CT molecular complexity index is 930. The van der Waals surface area contributed by atoms with Crippen LogP contribution in [0.4, 0.5) is 0 Å². The van der Waals surface area contributed by atoms with Crippen LogP contribution in [-0.2, 0) is 12.0 Å². The molecule has 2 N–H and O–H groups in total. The molecule has 1 atom stereocenters. The molecule has 0 aliphatic rings. The maximum absolute atomic E-state index is 9.53. The van der Waals surface area contributed by atoms with Gasteiger partial charge in [0.25, 0.3) is 0 Å². The van der Waals surface area contributed by atoms with E-state index in [0.717, 1.165) is 37.0 Å². The van der Waals surface area contributed by atoms with E-state index < -0.39 is 6.10 Å². The normalized spacial score (nSPS) is 12.4. The second-order valence-electron chi connectivity index (χ2n) is 8.55. The Hall–Kier alpha value is -2.82. The molecule has 33 heavy (non-hydrogen) atoms. The Morgan fingerprint density at radius 2 is 1.24 bits per heavy atom. The zero-order chi connectivity index (χ0) is 23.5. The van der Waals surface area contributed by atoms with E-state index in [2.05, 4.69) is 62.4 Å². The summed E-state index contributed by atoms with van der Waals surface area (Å²) in [7, 11) is 0. The molecule has 0 aromatic heterocycles. The quantitative estimate of drug-likeness (QED) is 0.343. The van der Waals surface area contributed by atoms with Gasteiger partial charge in [-0.15, -0.1) is 0 Å². The Morgan fingerprint density at radius 3 is 1.73 bits per heavy atom. The Labute approximate surface area is 197 Å². The molecular weight excluding hydrogens is 412 g/mol. The molecule has 3 aromatic carbocycles. The van der Waals surface area contributed by atoms with Crippen LogP contribution in [0.15, 0.2) is 78.9 Å². The summed E-state index contributed by atoms with van der Waals surface area (Å²) in [6.07, 6.45) is 3.38. The van der Waals surface area contributed by atoms with Crippen molar-refractivity contribution in [3.05, 3.63) is 95.6 Å². The SMILES string of the molecule is CCCC(CCC)(c1ccc(OCc2ccccc2)cc1)c1ccc(OCC(O)CO)cc1. The van der Waals surface area contributed by atoms with Gasteiger partial charge in [-0.1, -0.05) is 81.3 Å². The zero-order valence-corrected chi connectivity index (χ0v) is 19.7. The average molecular weight is 449 g/mol. The molecular formula is C29H36O4. The number of aliphatic hydroxyl groups excluding tert-OH is 2. The van der Waals surface area contributed by atoms with Crippen molar-refractivity contribution in [1.29, 1.82) is 0 Å². The van der Waals surface area contributed by atoms with Crippen molar-refractivity contribution in [3.63, 3.8) is 0 Å². The molecule has 3 aromatic rings. The van der Waals surface area contributed by atoms with Gasteiger partial charge in [-0.2, -0.15) is 0 Å². The Morgan fingerprint density at radius 1 is 0.727 bits per heavy atom. The Balaban J connectivity index is 1.80. The molecule has 0 radical (unpaired) electrons. The summed E-state index contributed by atoms with van der Waals surface area (Å²) in [6.45, 7) is 4.79. The van der Waals surface area contributed by atoms with Crippen molar-refractivity contribution in [1.82, 2.24) is 0 Å². The maximum Gasteiger partial charge on any atom is 0.119 e. The Kier molecular flexibility index (Phi) is 9.35. The highest BCUT2D eigenvalue weighted by atomic mass is 16.5. The topological polar surface area (TPSA) is 58.9 Å². The number of ether oxygens (including phenoxy) is 2. The number of hydrogen-bond donors (Lipinski definition) is 2. The molecule has 3 rings (SSSR count). The average Bonchev–Trinajstić information content (AvgIpc) is 2.87. The lowest BCUT2D eigenvalue weighted by Crippen LogP contribution is -2.27. The highest BCUT2D eigenvalue weighted by molar-refractivity contribution is 5.43. The fourth-order valence-corrected chi connectivity index (χ4v) is 4.45. The summed E-state index contributed by atoms with van der Waals surface area (Å²) in [5.74, 6) is 1.56. The lowest BCUT2D eigenvalue weighted by atomic mass is 9.68. The molecule has 0 heterocycles. The van der Waals surface area contributed by atoms with E-state index in [9.17, 15) is 5.11 Å². The largest absolute Gasteiger partial charge is 0.491 e. The van der Waals surface area contributed by atoms with Crippen molar-refractivity contribution in [2.45, 2.75) is 57.7 Å². The molecule has 0 bridgehead atoms. The third kappa shape index (κ3) is 6.59. The van der Waals surface area contributed by atoms with Gasteiger partial charge in [0.15, 0.2) is 0 Å². The van der Waals surface area contributed by atoms with E-state index in [-0.39, 0.29) is 18.6 Å². The van der Waals surface area contributed by atoms with Gasteiger partial charge in [-0.3, -0.25) is 0 Å². The molecule has 1 unspecified atom stereocenters. The first-order valence-corrected chi connectivity index (χ1v) is 11.9. The summed E-state index contributed by atoms with van der Waals surface area (Å²) < 4.78 is 11.6. The van der Waals surface area contributed by atoms with Gasteiger partial charge in [0, 0.05) is 5.41 Å². The summed E-state index contributed by atoms with van der Waals surface area (Å²) in [6, 6.07) is 26.9. The van der Waals surface area contributed by atoms with Crippen LogP contribution in [0.25, 0.3) is 0 Å².